The summed E-state index contributed by atoms with van der Waals surface area (Å²) in [5, 5.41) is 7.80. The minimum Gasteiger partial charge on any atom is -0.354 e. The zero-order valence-corrected chi connectivity index (χ0v) is 18.4. The fraction of sp³-hybridized carbons (Fsp3) is 0.280. The Hall–Kier alpha value is -3.74. The number of amides is 1. The van der Waals surface area contributed by atoms with Gasteiger partial charge < -0.3 is 5.32 Å². The average molecular weight is 430 g/mol. The molecular formula is C25H27N5O2. The number of aryl methyl sites for hydroxylation is 1. The predicted octanol–water partition coefficient (Wildman–Crippen LogP) is 3.26. The van der Waals surface area contributed by atoms with E-state index in [9.17, 15) is 9.59 Å². The Morgan fingerprint density at radius 3 is 2.59 bits per heavy atom. The maximum absolute atomic E-state index is 12.9. The van der Waals surface area contributed by atoms with Crippen LogP contribution >= 0.6 is 0 Å². The van der Waals surface area contributed by atoms with Crippen molar-refractivity contribution in [3.63, 3.8) is 0 Å². The third kappa shape index (κ3) is 4.46. The van der Waals surface area contributed by atoms with Gasteiger partial charge in [0.2, 0.25) is 5.91 Å². The molecule has 0 unspecified atom stereocenters. The fourth-order valence-corrected chi connectivity index (χ4v) is 3.91. The number of carbonyl (C=O) groups is 1. The monoisotopic (exact) mass is 429 g/mol. The zero-order valence-electron chi connectivity index (χ0n) is 18.4. The van der Waals surface area contributed by atoms with E-state index >= 15 is 0 Å². The second-order valence-electron chi connectivity index (χ2n) is 7.87. The predicted molar refractivity (Wildman–Crippen MR) is 125 cm³/mol. The maximum Gasteiger partial charge on any atom is 0.264 e. The van der Waals surface area contributed by atoms with Crippen LogP contribution in [0.1, 0.15) is 36.0 Å². The maximum atomic E-state index is 12.9. The highest BCUT2D eigenvalue weighted by atomic mass is 16.2. The van der Waals surface area contributed by atoms with Crippen LogP contribution in [0.2, 0.25) is 0 Å². The molecule has 2 heterocycles. The lowest BCUT2D eigenvalue weighted by molar-refractivity contribution is -0.122. The van der Waals surface area contributed by atoms with E-state index in [1.807, 2.05) is 68.4 Å². The number of benzene rings is 2. The number of nitrogens with one attached hydrogen (secondary N) is 1. The fourth-order valence-electron chi connectivity index (χ4n) is 3.91. The lowest BCUT2D eigenvalue weighted by atomic mass is 9.96. The van der Waals surface area contributed by atoms with E-state index in [2.05, 4.69) is 15.4 Å². The van der Waals surface area contributed by atoms with Crippen molar-refractivity contribution in [3.05, 3.63) is 94.2 Å². The summed E-state index contributed by atoms with van der Waals surface area (Å²) in [5.74, 6) is -0.193. The van der Waals surface area contributed by atoms with Crippen molar-refractivity contribution >= 4 is 16.9 Å². The van der Waals surface area contributed by atoms with Gasteiger partial charge in [0, 0.05) is 6.54 Å². The second kappa shape index (κ2) is 9.60. The van der Waals surface area contributed by atoms with Gasteiger partial charge in [-0.2, -0.15) is 5.10 Å². The number of hydrogen-bond acceptors (Lipinski definition) is 4. The molecule has 4 rings (SSSR count). The smallest absolute Gasteiger partial charge is 0.264 e. The van der Waals surface area contributed by atoms with Gasteiger partial charge in [-0.3, -0.25) is 14.2 Å². The van der Waals surface area contributed by atoms with Crippen molar-refractivity contribution in [1.82, 2.24) is 24.6 Å². The molecule has 2 aromatic carbocycles. The lowest BCUT2D eigenvalue weighted by Gasteiger charge is -2.15. The molecule has 32 heavy (non-hydrogen) atoms. The minimum absolute atomic E-state index is 0.0105. The van der Waals surface area contributed by atoms with Gasteiger partial charge in [-0.05, 0) is 30.0 Å². The molecule has 1 amide bonds. The van der Waals surface area contributed by atoms with Gasteiger partial charge in [0.1, 0.15) is 11.7 Å². The van der Waals surface area contributed by atoms with Crippen molar-refractivity contribution in [2.75, 3.05) is 6.54 Å². The van der Waals surface area contributed by atoms with E-state index in [-0.39, 0.29) is 17.4 Å². The van der Waals surface area contributed by atoms with Gasteiger partial charge in [0.25, 0.3) is 5.56 Å². The van der Waals surface area contributed by atoms with E-state index in [1.54, 1.807) is 21.8 Å². The van der Waals surface area contributed by atoms with Crippen molar-refractivity contribution in [2.24, 2.45) is 0 Å². The summed E-state index contributed by atoms with van der Waals surface area (Å²) in [4.78, 5) is 30.1. The quantitative estimate of drug-likeness (QED) is 0.466. The number of hydrogen-bond donors (Lipinski definition) is 1. The van der Waals surface area contributed by atoms with Gasteiger partial charge in [0.15, 0.2) is 5.65 Å². The molecule has 4 aromatic rings. The van der Waals surface area contributed by atoms with E-state index in [1.165, 1.54) is 0 Å². The number of rotatable bonds is 8. The van der Waals surface area contributed by atoms with Gasteiger partial charge in [-0.1, -0.05) is 61.5 Å². The van der Waals surface area contributed by atoms with Crippen LogP contribution in [-0.4, -0.2) is 31.8 Å². The van der Waals surface area contributed by atoms with Crippen molar-refractivity contribution in [2.45, 2.75) is 39.3 Å². The van der Waals surface area contributed by atoms with Gasteiger partial charge in [-0.15, -0.1) is 0 Å². The molecular weight excluding hydrogens is 402 g/mol. The Bertz CT molecular complexity index is 1280. The van der Waals surface area contributed by atoms with E-state index < -0.39 is 0 Å². The van der Waals surface area contributed by atoms with Crippen LogP contribution in [0.3, 0.4) is 0 Å². The number of nitrogens with zero attached hydrogens (tertiary/aromatic N) is 4. The number of fused-ring (bicyclic) bond motifs is 1. The summed E-state index contributed by atoms with van der Waals surface area (Å²) >= 11 is 0. The summed E-state index contributed by atoms with van der Waals surface area (Å²) in [6.07, 6.45) is 3.85. The van der Waals surface area contributed by atoms with Gasteiger partial charge >= 0.3 is 0 Å². The lowest BCUT2D eigenvalue weighted by Crippen LogP contribution is -2.32. The molecule has 2 aromatic heterocycles. The Labute approximate surface area is 186 Å². The van der Waals surface area contributed by atoms with E-state index in [0.29, 0.717) is 30.7 Å². The second-order valence-corrected chi connectivity index (χ2v) is 7.87. The molecule has 7 nitrogen and oxygen atoms in total. The first-order chi connectivity index (χ1) is 15.6. The third-order valence-electron chi connectivity index (χ3n) is 5.77. The molecule has 0 bridgehead atoms. The number of aromatic nitrogens is 4. The molecule has 1 atom stereocenters. The third-order valence-corrected chi connectivity index (χ3v) is 5.77. The first-order valence-corrected chi connectivity index (χ1v) is 10.9. The van der Waals surface area contributed by atoms with Crippen LogP contribution in [0.4, 0.5) is 0 Å². The summed E-state index contributed by atoms with van der Waals surface area (Å²) in [6.45, 7) is 5.35. The zero-order chi connectivity index (χ0) is 22.5. The molecule has 0 aliphatic carbocycles. The average Bonchev–Trinajstić information content (AvgIpc) is 3.22. The Morgan fingerprint density at radius 1 is 1.09 bits per heavy atom. The molecule has 0 aliphatic rings. The summed E-state index contributed by atoms with van der Waals surface area (Å²) in [7, 11) is 0. The summed E-state index contributed by atoms with van der Waals surface area (Å²) < 4.78 is 3.27. The van der Waals surface area contributed by atoms with Crippen molar-refractivity contribution in [1.29, 1.82) is 0 Å². The standard InChI is InChI=1S/C25H27N5O2/c1-3-21(19-10-5-4-6-11-19)24(31)26-13-14-30-23-22(15-28-30)25(32)29(17-27-23)16-20-12-8-7-9-18(20)2/h4-12,15,17,21H,3,13-14,16H2,1-2H3,(H,26,31)/t21-/m1/s1. The van der Waals surface area contributed by atoms with Crippen LogP contribution in [0, 0.1) is 6.92 Å². The Morgan fingerprint density at radius 2 is 1.84 bits per heavy atom. The molecule has 0 aliphatic heterocycles. The highest BCUT2D eigenvalue weighted by Gasteiger charge is 2.18. The first-order valence-electron chi connectivity index (χ1n) is 10.9. The van der Waals surface area contributed by atoms with Gasteiger partial charge in [-0.25, -0.2) is 9.67 Å². The topological polar surface area (TPSA) is 81.8 Å². The van der Waals surface area contributed by atoms with Crippen LogP contribution in [0.5, 0.6) is 0 Å². The van der Waals surface area contributed by atoms with E-state index in [0.717, 1.165) is 23.1 Å². The SMILES string of the molecule is CC[C@@H](C(=O)NCCn1ncc2c(=O)n(Cc3ccccc3C)cnc21)c1ccccc1. The molecule has 7 heteroatoms. The molecule has 0 saturated heterocycles. The highest BCUT2D eigenvalue weighted by Crippen LogP contribution is 2.19. The van der Waals surface area contributed by atoms with Crippen LogP contribution in [0.15, 0.2) is 71.9 Å². The molecule has 0 radical (unpaired) electrons. The van der Waals surface area contributed by atoms with Crippen molar-refractivity contribution in [3.8, 4) is 0 Å². The molecule has 164 valence electrons. The summed E-state index contributed by atoms with van der Waals surface area (Å²) in [6, 6.07) is 17.8. The largest absolute Gasteiger partial charge is 0.354 e. The molecule has 1 N–H and O–H groups in total. The normalized spacial score (nSPS) is 12.1. The number of carbonyl (C=O) groups excluding carboxylic acids is 1. The molecule has 0 fully saturated rings. The van der Waals surface area contributed by atoms with Crippen molar-refractivity contribution < 1.29 is 4.79 Å². The summed E-state index contributed by atoms with van der Waals surface area (Å²) in [5.41, 5.74) is 3.62. The van der Waals surface area contributed by atoms with Crippen LogP contribution in [-0.2, 0) is 17.9 Å². The Kier molecular flexibility index (Phi) is 6.44. The van der Waals surface area contributed by atoms with E-state index in [4.69, 9.17) is 0 Å². The van der Waals surface area contributed by atoms with Crippen LogP contribution < -0.4 is 10.9 Å². The Balaban J connectivity index is 1.44. The van der Waals surface area contributed by atoms with Gasteiger partial charge in [0.05, 0.1) is 25.2 Å². The van der Waals surface area contributed by atoms with Crippen LogP contribution in [0.25, 0.3) is 11.0 Å². The minimum atomic E-state index is -0.183. The molecule has 0 spiro atoms. The molecule has 0 saturated carbocycles. The first kappa shape index (κ1) is 21.5. The highest BCUT2D eigenvalue weighted by molar-refractivity contribution is 5.83.